The first-order chi connectivity index (χ1) is 14.0. The Morgan fingerprint density at radius 2 is 1.38 bits per heavy atom. The molecule has 29 heavy (non-hydrogen) atoms. The Morgan fingerprint density at radius 3 is 2.00 bits per heavy atom. The molecule has 2 heterocycles. The first kappa shape index (κ1) is 20.3. The molecule has 0 unspecified atom stereocenters. The molecule has 2 aromatic carbocycles. The van der Waals surface area contributed by atoms with Crippen molar-refractivity contribution in [2.45, 2.75) is 23.8 Å². The fraction of sp³-hybridized carbons (Fsp3) is 0.455. The van der Waals surface area contributed by atoms with Crippen LogP contribution in [-0.4, -0.2) is 74.9 Å². The predicted octanol–water partition coefficient (Wildman–Crippen LogP) is 2.88. The Balaban J connectivity index is 1.36. The van der Waals surface area contributed by atoms with Gasteiger partial charge in [0, 0.05) is 45.3 Å². The summed E-state index contributed by atoms with van der Waals surface area (Å²) in [4.78, 5) is 5.21. The number of benzene rings is 2. The van der Waals surface area contributed by atoms with Crippen molar-refractivity contribution < 1.29 is 13.2 Å². The number of piperazine rings is 1. The van der Waals surface area contributed by atoms with Crippen molar-refractivity contribution in [3.63, 3.8) is 0 Å². The van der Waals surface area contributed by atoms with Crippen LogP contribution in [0.15, 0.2) is 59.5 Å². The fourth-order valence-corrected chi connectivity index (χ4v) is 5.56. The zero-order chi connectivity index (χ0) is 20.3. The molecule has 2 aromatic rings. The molecule has 0 saturated carbocycles. The number of likely N-dealkylation sites (N-methyl/N-ethyl adjacent to an activating group) is 1. The highest BCUT2D eigenvalue weighted by Crippen LogP contribution is 2.27. The van der Waals surface area contributed by atoms with Crippen LogP contribution in [0.1, 0.15) is 12.8 Å². The van der Waals surface area contributed by atoms with Gasteiger partial charge in [0.1, 0.15) is 11.5 Å². The zero-order valence-electron chi connectivity index (χ0n) is 16.9. The molecule has 6 nitrogen and oxygen atoms in total. The molecule has 0 atom stereocenters. The van der Waals surface area contributed by atoms with E-state index in [1.807, 2.05) is 30.3 Å². The second-order valence-corrected chi connectivity index (χ2v) is 9.80. The summed E-state index contributed by atoms with van der Waals surface area (Å²) in [7, 11) is -1.31. The molecule has 0 bridgehead atoms. The van der Waals surface area contributed by atoms with Gasteiger partial charge in [-0.15, -0.1) is 0 Å². The maximum Gasteiger partial charge on any atom is 0.243 e. The van der Waals surface area contributed by atoms with E-state index in [4.69, 9.17) is 4.74 Å². The molecule has 2 aliphatic rings. The number of nitrogens with zero attached hydrogens (tertiary/aromatic N) is 3. The van der Waals surface area contributed by atoms with Gasteiger partial charge in [0.25, 0.3) is 0 Å². The number of para-hydroxylation sites is 1. The van der Waals surface area contributed by atoms with E-state index in [0.717, 1.165) is 44.8 Å². The highest BCUT2D eigenvalue weighted by molar-refractivity contribution is 7.89. The first-order valence-electron chi connectivity index (χ1n) is 10.3. The lowest BCUT2D eigenvalue weighted by Gasteiger charge is -2.41. The normalized spacial score (nSPS) is 20.6. The number of ether oxygens (including phenoxy) is 1. The third kappa shape index (κ3) is 4.80. The van der Waals surface area contributed by atoms with Crippen LogP contribution in [0, 0.1) is 0 Å². The Bertz CT molecular complexity index is 887. The lowest BCUT2D eigenvalue weighted by molar-refractivity contribution is 0.0836. The molecule has 2 saturated heterocycles. The topological polar surface area (TPSA) is 53.1 Å². The van der Waals surface area contributed by atoms with E-state index in [1.54, 1.807) is 28.6 Å². The third-order valence-electron chi connectivity index (χ3n) is 5.92. The van der Waals surface area contributed by atoms with E-state index in [1.165, 1.54) is 0 Å². The second kappa shape index (κ2) is 8.83. The minimum atomic E-state index is -3.46. The molecule has 2 fully saturated rings. The second-order valence-electron chi connectivity index (χ2n) is 7.86. The molecule has 0 N–H and O–H groups in total. The third-order valence-corrected chi connectivity index (χ3v) is 7.83. The lowest BCUT2D eigenvalue weighted by Crippen LogP contribution is -2.52. The van der Waals surface area contributed by atoms with Crippen LogP contribution >= 0.6 is 0 Å². The molecule has 0 aliphatic carbocycles. The standard InChI is InChI=1S/C22H29N3O3S/c1-23-15-17-24(18-16-23)19-11-13-25(14-12-19)29(26,27)22-9-7-21(8-10-22)28-20-5-3-2-4-6-20/h2-10,19H,11-18H2,1H3. The Labute approximate surface area is 173 Å². The van der Waals surface area contributed by atoms with Gasteiger partial charge in [-0.1, -0.05) is 18.2 Å². The molecule has 0 amide bonds. The molecule has 7 heteroatoms. The Kier molecular flexibility index (Phi) is 6.20. The zero-order valence-corrected chi connectivity index (χ0v) is 17.7. The van der Waals surface area contributed by atoms with Crippen molar-refractivity contribution >= 4 is 10.0 Å². The molecule has 0 spiro atoms. The Morgan fingerprint density at radius 1 is 0.793 bits per heavy atom. The minimum absolute atomic E-state index is 0.330. The maximum absolute atomic E-state index is 13.0. The number of hydrogen-bond acceptors (Lipinski definition) is 5. The van der Waals surface area contributed by atoms with Crippen LogP contribution < -0.4 is 4.74 Å². The smallest absolute Gasteiger partial charge is 0.243 e. The summed E-state index contributed by atoms with van der Waals surface area (Å²) in [6.07, 6.45) is 1.80. The maximum atomic E-state index is 13.0. The minimum Gasteiger partial charge on any atom is -0.457 e. The molecule has 0 aromatic heterocycles. The van der Waals surface area contributed by atoms with Crippen LogP contribution in [0.2, 0.25) is 0 Å². The molecular formula is C22H29N3O3S. The summed E-state index contributed by atoms with van der Waals surface area (Å²) in [5, 5.41) is 0. The highest BCUT2D eigenvalue weighted by atomic mass is 32.2. The number of hydrogen-bond donors (Lipinski definition) is 0. The molecule has 0 radical (unpaired) electrons. The van der Waals surface area contributed by atoms with Crippen LogP contribution in [0.5, 0.6) is 11.5 Å². The van der Waals surface area contributed by atoms with Crippen LogP contribution in [0.4, 0.5) is 0 Å². The van der Waals surface area contributed by atoms with Crippen molar-refractivity contribution in [1.82, 2.24) is 14.1 Å². The van der Waals surface area contributed by atoms with E-state index in [0.29, 0.717) is 29.8 Å². The average Bonchev–Trinajstić information content (AvgIpc) is 2.75. The molecule has 156 valence electrons. The summed E-state index contributed by atoms with van der Waals surface area (Å²) in [6.45, 7) is 5.52. The Hall–Kier alpha value is -1.93. The predicted molar refractivity (Wildman–Crippen MR) is 114 cm³/mol. The molecular weight excluding hydrogens is 386 g/mol. The van der Waals surface area contributed by atoms with E-state index in [-0.39, 0.29) is 0 Å². The SMILES string of the molecule is CN1CCN(C2CCN(S(=O)(=O)c3ccc(Oc4ccccc4)cc3)CC2)CC1. The summed E-state index contributed by atoms with van der Waals surface area (Å²) in [5.74, 6) is 1.36. The monoisotopic (exact) mass is 415 g/mol. The summed E-state index contributed by atoms with van der Waals surface area (Å²) in [6, 6.07) is 16.7. The van der Waals surface area contributed by atoms with E-state index >= 15 is 0 Å². The number of piperidine rings is 1. The van der Waals surface area contributed by atoms with Crippen molar-refractivity contribution in [2.75, 3.05) is 46.3 Å². The first-order valence-corrected chi connectivity index (χ1v) is 11.7. The van der Waals surface area contributed by atoms with Gasteiger partial charge in [-0.25, -0.2) is 8.42 Å². The van der Waals surface area contributed by atoms with Crippen molar-refractivity contribution in [2.24, 2.45) is 0 Å². The number of sulfonamides is 1. The summed E-state index contributed by atoms with van der Waals surface area (Å²) < 4.78 is 33.5. The van der Waals surface area contributed by atoms with Crippen molar-refractivity contribution in [3.05, 3.63) is 54.6 Å². The van der Waals surface area contributed by atoms with Gasteiger partial charge in [0.05, 0.1) is 4.90 Å². The molecule has 4 rings (SSSR count). The quantitative estimate of drug-likeness (QED) is 0.752. The van der Waals surface area contributed by atoms with E-state index < -0.39 is 10.0 Å². The van der Waals surface area contributed by atoms with Gasteiger partial charge in [-0.2, -0.15) is 4.31 Å². The van der Waals surface area contributed by atoms with Gasteiger partial charge in [0.15, 0.2) is 0 Å². The van der Waals surface area contributed by atoms with Gasteiger partial charge >= 0.3 is 0 Å². The lowest BCUT2D eigenvalue weighted by atomic mass is 10.0. The van der Waals surface area contributed by atoms with Crippen LogP contribution in [0.25, 0.3) is 0 Å². The van der Waals surface area contributed by atoms with Crippen LogP contribution in [0.3, 0.4) is 0 Å². The average molecular weight is 416 g/mol. The van der Waals surface area contributed by atoms with Crippen molar-refractivity contribution in [1.29, 1.82) is 0 Å². The van der Waals surface area contributed by atoms with Crippen molar-refractivity contribution in [3.8, 4) is 11.5 Å². The van der Waals surface area contributed by atoms with E-state index in [2.05, 4.69) is 16.8 Å². The van der Waals surface area contributed by atoms with E-state index in [9.17, 15) is 8.42 Å². The molecule has 2 aliphatic heterocycles. The van der Waals surface area contributed by atoms with Gasteiger partial charge in [0.2, 0.25) is 10.0 Å². The largest absolute Gasteiger partial charge is 0.457 e. The van der Waals surface area contributed by atoms with Gasteiger partial charge in [-0.05, 0) is 56.3 Å². The fourth-order valence-electron chi connectivity index (χ4n) is 4.09. The van der Waals surface area contributed by atoms with Gasteiger partial charge in [-0.3, -0.25) is 4.90 Å². The number of rotatable bonds is 5. The van der Waals surface area contributed by atoms with Gasteiger partial charge < -0.3 is 9.64 Å². The summed E-state index contributed by atoms with van der Waals surface area (Å²) >= 11 is 0. The van der Waals surface area contributed by atoms with Crippen LogP contribution in [-0.2, 0) is 10.0 Å². The summed E-state index contributed by atoms with van der Waals surface area (Å²) in [5.41, 5.74) is 0. The highest BCUT2D eigenvalue weighted by Gasteiger charge is 2.32.